The summed E-state index contributed by atoms with van der Waals surface area (Å²) in [4.78, 5) is 0. The highest BCUT2D eigenvalue weighted by molar-refractivity contribution is 6.31. The number of hydrazine groups is 1. The Morgan fingerprint density at radius 1 is 1.44 bits per heavy atom. The Hall–Kier alpha value is -0.620. The highest BCUT2D eigenvalue weighted by atomic mass is 35.5. The molecule has 2 atom stereocenters. The van der Waals surface area contributed by atoms with Crippen molar-refractivity contribution in [3.8, 4) is 0 Å². The van der Waals surface area contributed by atoms with Crippen LogP contribution in [0.5, 0.6) is 0 Å². The third-order valence-electron chi connectivity index (χ3n) is 3.07. The van der Waals surface area contributed by atoms with Gasteiger partial charge in [0.25, 0.3) is 0 Å². The SMILES string of the molecule is COC(C)CCC(NN)c1c(Cl)cnn1C(C)C. The van der Waals surface area contributed by atoms with E-state index in [4.69, 9.17) is 22.2 Å². The summed E-state index contributed by atoms with van der Waals surface area (Å²) in [7, 11) is 1.71. The molecule has 104 valence electrons. The van der Waals surface area contributed by atoms with E-state index >= 15 is 0 Å². The van der Waals surface area contributed by atoms with Gasteiger partial charge in [-0.05, 0) is 33.6 Å². The van der Waals surface area contributed by atoms with Gasteiger partial charge in [-0.25, -0.2) is 0 Å². The quantitative estimate of drug-likeness (QED) is 0.592. The van der Waals surface area contributed by atoms with Crippen molar-refractivity contribution in [2.24, 2.45) is 5.84 Å². The molecule has 1 aromatic rings. The van der Waals surface area contributed by atoms with Gasteiger partial charge in [0.2, 0.25) is 0 Å². The van der Waals surface area contributed by atoms with Gasteiger partial charge in [0, 0.05) is 13.2 Å². The van der Waals surface area contributed by atoms with Crippen LogP contribution in [0.15, 0.2) is 6.20 Å². The molecule has 0 bridgehead atoms. The fourth-order valence-corrected chi connectivity index (χ4v) is 2.17. The molecule has 5 nitrogen and oxygen atoms in total. The average Bonchev–Trinajstić information content (AvgIpc) is 2.72. The maximum absolute atomic E-state index is 6.20. The van der Waals surface area contributed by atoms with Crippen LogP contribution in [0.1, 0.15) is 51.4 Å². The van der Waals surface area contributed by atoms with Gasteiger partial charge in [-0.3, -0.25) is 16.0 Å². The number of nitrogens with two attached hydrogens (primary N) is 1. The largest absolute Gasteiger partial charge is 0.382 e. The van der Waals surface area contributed by atoms with Crippen LogP contribution >= 0.6 is 11.6 Å². The number of nitrogens with zero attached hydrogens (tertiary/aromatic N) is 2. The van der Waals surface area contributed by atoms with Crippen molar-refractivity contribution in [2.75, 3.05) is 7.11 Å². The Kier molecular flexibility index (Phi) is 6.08. The van der Waals surface area contributed by atoms with Crippen LogP contribution in [0.3, 0.4) is 0 Å². The van der Waals surface area contributed by atoms with E-state index in [9.17, 15) is 0 Å². The van der Waals surface area contributed by atoms with E-state index < -0.39 is 0 Å². The summed E-state index contributed by atoms with van der Waals surface area (Å²) >= 11 is 6.20. The van der Waals surface area contributed by atoms with E-state index in [-0.39, 0.29) is 18.2 Å². The third kappa shape index (κ3) is 3.68. The van der Waals surface area contributed by atoms with E-state index in [1.54, 1.807) is 13.3 Å². The topological polar surface area (TPSA) is 65.1 Å². The van der Waals surface area contributed by atoms with Crippen molar-refractivity contribution >= 4 is 11.6 Å². The first-order valence-electron chi connectivity index (χ1n) is 6.23. The van der Waals surface area contributed by atoms with Gasteiger partial charge in [0.05, 0.1) is 29.1 Å². The number of aromatic nitrogens is 2. The Balaban J connectivity index is 2.84. The summed E-state index contributed by atoms with van der Waals surface area (Å²) in [6.45, 7) is 6.17. The number of rotatable bonds is 7. The average molecular weight is 275 g/mol. The first kappa shape index (κ1) is 15.4. The Labute approximate surface area is 114 Å². The number of halogens is 1. The molecule has 0 amide bonds. The predicted octanol–water partition coefficient (Wildman–Crippen LogP) is 2.44. The smallest absolute Gasteiger partial charge is 0.0834 e. The van der Waals surface area contributed by atoms with Crippen LogP contribution in [-0.4, -0.2) is 23.0 Å². The van der Waals surface area contributed by atoms with Crippen molar-refractivity contribution in [3.05, 3.63) is 16.9 Å². The lowest BCUT2D eigenvalue weighted by atomic mass is 10.1. The Morgan fingerprint density at radius 2 is 2.11 bits per heavy atom. The van der Waals surface area contributed by atoms with Gasteiger partial charge in [-0.15, -0.1) is 0 Å². The fraction of sp³-hybridized carbons (Fsp3) is 0.750. The second kappa shape index (κ2) is 7.09. The lowest BCUT2D eigenvalue weighted by molar-refractivity contribution is 0.105. The van der Waals surface area contributed by atoms with Crippen molar-refractivity contribution in [3.63, 3.8) is 0 Å². The van der Waals surface area contributed by atoms with Crippen molar-refractivity contribution in [1.29, 1.82) is 0 Å². The molecular formula is C12H23ClN4O. The summed E-state index contributed by atoms with van der Waals surface area (Å²) < 4.78 is 7.15. The molecule has 6 heteroatoms. The highest BCUT2D eigenvalue weighted by Gasteiger charge is 2.21. The first-order chi connectivity index (χ1) is 8.51. The molecule has 0 saturated heterocycles. The molecule has 3 N–H and O–H groups in total. The maximum Gasteiger partial charge on any atom is 0.0834 e. The minimum absolute atomic E-state index is 0.0139. The van der Waals surface area contributed by atoms with E-state index in [1.807, 2.05) is 11.6 Å². The number of hydrogen-bond donors (Lipinski definition) is 2. The summed E-state index contributed by atoms with van der Waals surface area (Å²) in [5.74, 6) is 5.64. The molecule has 1 aromatic heterocycles. The molecule has 0 aromatic carbocycles. The van der Waals surface area contributed by atoms with E-state index in [0.717, 1.165) is 18.5 Å². The summed E-state index contributed by atoms with van der Waals surface area (Å²) in [6, 6.07) is 0.239. The molecule has 18 heavy (non-hydrogen) atoms. The number of methoxy groups -OCH3 is 1. The van der Waals surface area contributed by atoms with E-state index in [0.29, 0.717) is 5.02 Å². The molecule has 2 unspecified atom stereocenters. The van der Waals surface area contributed by atoms with Crippen LogP contribution in [0.25, 0.3) is 0 Å². The summed E-state index contributed by atoms with van der Waals surface area (Å²) in [5, 5.41) is 4.94. The number of ether oxygens (including phenoxy) is 1. The van der Waals surface area contributed by atoms with E-state index in [1.165, 1.54) is 0 Å². The molecule has 1 heterocycles. The summed E-state index contributed by atoms with van der Waals surface area (Å²) in [6.07, 6.45) is 3.63. The fourth-order valence-electron chi connectivity index (χ4n) is 1.91. The van der Waals surface area contributed by atoms with Crippen molar-refractivity contribution < 1.29 is 4.74 Å². The minimum atomic E-state index is -0.0139. The van der Waals surface area contributed by atoms with Gasteiger partial charge >= 0.3 is 0 Å². The molecule has 0 saturated carbocycles. The molecule has 1 rings (SSSR count). The zero-order valence-corrected chi connectivity index (χ0v) is 12.2. The van der Waals surface area contributed by atoms with Gasteiger partial charge in [0.15, 0.2) is 0 Å². The van der Waals surface area contributed by atoms with E-state index in [2.05, 4.69) is 24.4 Å². The third-order valence-corrected chi connectivity index (χ3v) is 3.36. The van der Waals surface area contributed by atoms with Gasteiger partial charge in [-0.2, -0.15) is 5.10 Å². The van der Waals surface area contributed by atoms with Gasteiger partial charge in [-0.1, -0.05) is 11.6 Å². The van der Waals surface area contributed by atoms with Crippen LogP contribution in [0, 0.1) is 0 Å². The van der Waals surface area contributed by atoms with Crippen LogP contribution in [-0.2, 0) is 4.74 Å². The second-order valence-corrected chi connectivity index (χ2v) is 5.17. The van der Waals surface area contributed by atoms with Crippen molar-refractivity contribution in [2.45, 2.75) is 51.8 Å². The van der Waals surface area contributed by atoms with Crippen LogP contribution in [0.4, 0.5) is 0 Å². The number of hydrogen-bond acceptors (Lipinski definition) is 4. The molecule has 0 fully saturated rings. The zero-order valence-electron chi connectivity index (χ0n) is 11.5. The lowest BCUT2D eigenvalue weighted by Gasteiger charge is -2.21. The maximum atomic E-state index is 6.20. The first-order valence-corrected chi connectivity index (χ1v) is 6.60. The molecule has 0 aliphatic rings. The number of nitrogens with one attached hydrogen (secondary N) is 1. The highest BCUT2D eigenvalue weighted by Crippen LogP contribution is 2.28. The summed E-state index contributed by atoms with van der Waals surface area (Å²) in [5.41, 5.74) is 3.76. The lowest BCUT2D eigenvalue weighted by Crippen LogP contribution is -2.31. The molecule has 0 aliphatic heterocycles. The molecular weight excluding hydrogens is 252 g/mol. The zero-order chi connectivity index (χ0) is 13.7. The second-order valence-electron chi connectivity index (χ2n) is 4.76. The molecule has 0 radical (unpaired) electrons. The normalized spacial score (nSPS) is 15.1. The van der Waals surface area contributed by atoms with Crippen molar-refractivity contribution in [1.82, 2.24) is 15.2 Å². The van der Waals surface area contributed by atoms with Crippen LogP contribution < -0.4 is 11.3 Å². The molecule has 0 aliphatic carbocycles. The predicted molar refractivity (Wildman–Crippen MR) is 73.4 cm³/mol. The molecule has 0 spiro atoms. The monoisotopic (exact) mass is 274 g/mol. The Bertz CT molecular complexity index is 367. The van der Waals surface area contributed by atoms with Gasteiger partial charge in [0.1, 0.15) is 0 Å². The standard InChI is InChI=1S/C12H23ClN4O/c1-8(2)17-12(10(13)7-15-17)11(16-14)6-5-9(3)18-4/h7-9,11,16H,5-6,14H2,1-4H3. The Morgan fingerprint density at radius 3 is 2.61 bits per heavy atom. The minimum Gasteiger partial charge on any atom is -0.382 e. The van der Waals surface area contributed by atoms with Crippen LogP contribution in [0.2, 0.25) is 5.02 Å². The van der Waals surface area contributed by atoms with Gasteiger partial charge < -0.3 is 4.74 Å².